The molecule has 3 rings (SSSR count). The molecule has 20 heavy (non-hydrogen) atoms. The Morgan fingerprint density at radius 1 is 1.25 bits per heavy atom. The van der Waals surface area contributed by atoms with Gasteiger partial charge in [0.15, 0.2) is 0 Å². The highest BCUT2D eigenvalue weighted by molar-refractivity contribution is 9.10. The van der Waals surface area contributed by atoms with Crippen LogP contribution < -0.4 is 9.80 Å². The van der Waals surface area contributed by atoms with Crippen LogP contribution >= 0.6 is 15.9 Å². The summed E-state index contributed by atoms with van der Waals surface area (Å²) in [7, 11) is 4.43. The van der Waals surface area contributed by atoms with E-state index in [1.807, 2.05) is 12.1 Å². The molecular weight excluding hydrogens is 316 g/mol. The first-order valence-corrected chi connectivity index (χ1v) is 7.89. The van der Waals surface area contributed by atoms with Crippen molar-refractivity contribution in [2.45, 2.75) is 18.9 Å². The van der Waals surface area contributed by atoms with E-state index >= 15 is 0 Å². The van der Waals surface area contributed by atoms with Gasteiger partial charge in [0.2, 0.25) is 0 Å². The molecule has 0 saturated carbocycles. The van der Waals surface area contributed by atoms with Crippen LogP contribution in [0.15, 0.2) is 29.0 Å². The molecule has 5 heteroatoms. The minimum atomic E-state index is 0.579. The molecular formula is C15H20BrN4+. The van der Waals surface area contributed by atoms with Crippen molar-refractivity contribution in [1.82, 2.24) is 9.97 Å². The van der Waals surface area contributed by atoms with Gasteiger partial charge in [-0.25, -0.2) is 9.97 Å². The average molecular weight is 336 g/mol. The highest BCUT2D eigenvalue weighted by Crippen LogP contribution is 2.27. The van der Waals surface area contributed by atoms with Gasteiger partial charge in [0, 0.05) is 35.8 Å². The number of nitrogens with one attached hydrogen (secondary N) is 1. The lowest BCUT2D eigenvalue weighted by Gasteiger charge is -2.34. The Balaban J connectivity index is 1.95. The quantitative estimate of drug-likeness (QED) is 0.903. The van der Waals surface area contributed by atoms with Crippen molar-refractivity contribution < 1.29 is 4.90 Å². The maximum absolute atomic E-state index is 4.53. The fourth-order valence-corrected chi connectivity index (χ4v) is 3.31. The summed E-state index contributed by atoms with van der Waals surface area (Å²) in [6.45, 7) is 2.48. The van der Waals surface area contributed by atoms with Crippen LogP contribution in [0.5, 0.6) is 0 Å². The predicted molar refractivity (Wildman–Crippen MR) is 85.3 cm³/mol. The third-order valence-electron chi connectivity index (χ3n) is 4.27. The first-order chi connectivity index (χ1) is 9.65. The van der Waals surface area contributed by atoms with Crippen LogP contribution in [0.3, 0.4) is 0 Å². The minimum absolute atomic E-state index is 0.579. The summed E-state index contributed by atoms with van der Waals surface area (Å²) in [5, 5.41) is 1.12. The van der Waals surface area contributed by atoms with Crippen LogP contribution in [0.4, 0.5) is 5.82 Å². The molecule has 1 aromatic carbocycles. The molecule has 0 spiro atoms. The Kier molecular flexibility index (Phi) is 3.89. The highest BCUT2D eigenvalue weighted by atomic mass is 79.9. The summed E-state index contributed by atoms with van der Waals surface area (Å²) in [4.78, 5) is 12.9. The van der Waals surface area contributed by atoms with E-state index in [1.54, 1.807) is 11.2 Å². The molecule has 1 aliphatic heterocycles. The van der Waals surface area contributed by atoms with Crippen LogP contribution in [0.2, 0.25) is 0 Å². The number of aromatic nitrogens is 2. The van der Waals surface area contributed by atoms with Crippen LogP contribution in [0.1, 0.15) is 12.8 Å². The fourth-order valence-electron chi connectivity index (χ4n) is 2.95. The number of fused-ring (bicyclic) bond motifs is 1. The van der Waals surface area contributed by atoms with Crippen LogP contribution in [0.25, 0.3) is 10.9 Å². The van der Waals surface area contributed by atoms with Crippen molar-refractivity contribution in [2.75, 3.05) is 32.1 Å². The van der Waals surface area contributed by atoms with E-state index in [9.17, 15) is 0 Å². The van der Waals surface area contributed by atoms with Crippen molar-refractivity contribution in [2.24, 2.45) is 0 Å². The summed E-state index contributed by atoms with van der Waals surface area (Å²) in [6.07, 6.45) is 4.12. The second kappa shape index (κ2) is 5.66. The highest BCUT2D eigenvalue weighted by Gasteiger charge is 2.24. The van der Waals surface area contributed by atoms with Crippen molar-refractivity contribution in [3.63, 3.8) is 0 Å². The van der Waals surface area contributed by atoms with E-state index in [-0.39, 0.29) is 0 Å². The van der Waals surface area contributed by atoms with Gasteiger partial charge in [0.05, 0.1) is 25.7 Å². The molecule has 0 atom stereocenters. The van der Waals surface area contributed by atoms with E-state index in [1.165, 1.54) is 25.9 Å². The summed E-state index contributed by atoms with van der Waals surface area (Å²) in [5.74, 6) is 1.04. The fraction of sp³-hybridized carbons (Fsp3) is 0.467. The standard InChI is InChI=1S/C15H19BrN4/c1-19-7-5-12(6-8-19)20(2)15-13-9-11(16)3-4-14(13)17-10-18-15/h3-4,9-10,12H,5-8H2,1-2H3/p+1. The molecule has 1 saturated heterocycles. The third-order valence-corrected chi connectivity index (χ3v) is 4.76. The SMILES string of the molecule is CN(c1ncnc2ccc(Br)cc12)C1CC[NH+](C)CC1. The molecule has 0 aliphatic carbocycles. The number of hydrogen-bond donors (Lipinski definition) is 1. The second-order valence-electron chi connectivity index (χ2n) is 5.66. The molecule has 0 unspecified atom stereocenters. The number of anilines is 1. The van der Waals surface area contributed by atoms with E-state index in [2.05, 4.69) is 51.0 Å². The molecule has 1 aliphatic rings. The van der Waals surface area contributed by atoms with Crippen molar-refractivity contribution in [1.29, 1.82) is 0 Å². The lowest BCUT2D eigenvalue weighted by Crippen LogP contribution is -3.10. The Bertz CT molecular complexity index is 608. The number of rotatable bonds is 2. The Hall–Kier alpha value is -1.20. The molecule has 1 fully saturated rings. The molecule has 0 amide bonds. The summed E-state index contributed by atoms with van der Waals surface area (Å²) < 4.78 is 1.07. The molecule has 0 bridgehead atoms. The van der Waals surface area contributed by atoms with Gasteiger partial charge in [0.1, 0.15) is 12.1 Å². The molecule has 2 heterocycles. The maximum atomic E-state index is 4.53. The Morgan fingerprint density at radius 3 is 2.75 bits per heavy atom. The summed E-state index contributed by atoms with van der Waals surface area (Å²) in [6, 6.07) is 6.76. The van der Waals surface area contributed by atoms with E-state index in [0.717, 1.165) is 21.2 Å². The summed E-state index contributed by atoms with van der Waals surface area (Å²) >= 11 is 3.54. The molecule has 1 N–H and O–H groups in total. The van der Waals surface area contributed by atoms with Gasteiger partial charge in [-0.3, -0.25) is 0 Å². The number of quaternary nitrogens is 1. The zero-order valence-corrected chi connectivity index (χ0v) is 13.5. The van der Waals surface area contributed by atoms with Gasteiger partial charge in [-0.15, -0.1) is 0 Å². The number of likely N-dealkylation sites (tertiary alicyclic amines) is 1. The third kappa shape index (κ3) is 2.65. The molecule has 106 valence electrons. The van der Waals surface area contributed by atoms with E-state index in [0.29, 0.717) is 6.04 Å². The van der Waals surface area contributed by atoms with Crippen molar-refractivity contribution in [3.8, 4) is 0 Å². The largest absolute Gasteiger partial charge is 0.356 e. The monoisotopic (exact) mass is 335 g/mol. The van der Waals surface area contributed by atoms with Gasteiger partial charge in [-0.05, 0) is 18.2 Å². The van der Waals surface area contributed by atoms with E-state index < -0.39 is 0 Å². The van der Waals surface area contributed by atoms with Crippen LogP contribution in [0, 0.1) is 0 Å². The minimum Gasteiger partial charge on any atom is -0.356 e. The molecule has 0 radical (unpaired) electrons. The first kappa shape index (κ1) is 13.8. The van der Waals surface area contributed by atoms with Crippen molar-refractivity contribution in [3.05, 3.63) is 29.0 Å². The van der Waals surface area contributed by atoms with E-state index in [4.69, 9.17) is 0 Å². The normalized spacial score (nSPS) is 22.9. The molecule has 2 aromatic rings. The second-order valence-corrected chi connectivity index (χ2v) is 6.57. The summed E-state index contributed by atoms with van der Waals surface area (Å²) in [5.41, 5.74) is 1.00. The smallest absolute Gasteiger partial charge is 0.139 e. The molecule has 4 nitrogen and oxygen atoms in total. The number of nitrogens with zero attached hydrogens (tertiary/aromatic N) is 3. The first-order valence-electron chi connectivity index (χ1n) is 7.09. The number of hydrogen-bond acceptors (Lipinski definition) is 3. The van der Waals surface area contributed by atoms with Gasteiger partial charge in [-0.2, -0.15) is 0 Å². The number of benzene rings is 1. The Labute approximate surface area is 127 Å². The molecule has 1 aromatic heterocycles. The zero-order valence-electron chi connectivity index (χ0n) is 11.9. The number of halogens is 1. The van der Waals surface area contributed by atoms with Gasteiger partial charge >= 0.3 is 0 Å². The lowest BCUT2D eigenvalue weighted by atomic mass is 10.0. The average Bonchev–Trinajstić information content (AvgIpc) is 2.46. The van der Waals surface area contributed by atoms with Gasteiger partial charge in [0.25, 0.3) is 0 Å². The number of piperidine rings is 1. The van der Waals surface area contributed by atoms with Crippen LogP contribution in [-0.2, 0) is 0 Å². The van der Waals surface area contributed by atoms with Crippen molar-refractivity contribution >= 4 is 32.7 Å². The lowest BCUT2D eigenvalue weighted by molar-refractivity contribution is -0.884. The van der Waals surface area contributed by atoms with Gasteiger partial charge in [-0.1, -0.05) is 15.9 Å². The maximum Gasteiger partial charge on any atom is 0.139 e. The van der Waals surface area contributed by atoms with Gasteiger partial charge < -0.3 is 9.80 Å². The zero-order chi connectivity index (χ0) is 14.1. The Morgan fingerprint density at radius 2 is 2.00 bits per heavy atom. The van der Waals surface area contributed by atoms with Crippen LogP contribution in [-0.4, -0.2) is 43.2 Å². The predicted octanol–water partition coefficient (Wildman–Crippen LogP) is 1.51. The topological polar surface area (TPSA) is 33.5 Å².